The predicted molar refractivity (Wildman–Crippen MR) is 124 cm³/mol. The van der Waals surface area contributed by atoms with Crippen molar-refractivity contribution < 1.29 is 42.5 Å². The maximum absolute atomic E-state index is 17.3. The summed E-state index contributed by atoms with van der Waals surface area (Å²) in [5, 5.41) is 11.5. The van der Waals surface area contributed by atoms with E-state index < -0.39 is 70.5 Å². The van der Waals surface area contributed by atoms with Crippen LogP contribution in [0.25, 0.3) is 0 Å². The summed E-state index contributed by atoms with van der Waals surface area (Å²) in [4.78, 5) is 49.7. The number of allylic oxidation sites excluding steroid dienone is 1. The summed E-state index contributed by atoms with van der Waals surface area (Å²) in [5.41, 5.74) is -6.41. The molecule has 4 aliphatic rings. The highest BCUT2D eigenvalue weighted by Gasteiger charge is 2.76. The van der Waals surface area contributed by atoms with E-state index in [0.717, 1.165) is 6.92 Å². The first-order valence-electron chi connectivity index (χ1n) is 12.9. The Morgan fingerprint density at radius 1 is 1.19 bits per heavy atom. The molecule has 3 fully saturated rings. The van der Waals surface area contributed by atoms with Gasteiger partial charge in [0.1, 0.15) is 11.8 Å². The van der Waals surface area contributed by atoms with E-state index in [4.69, 9.17) is 9.47 Å². The molecular weight excluding hydrogens is 474 g/mol. The smallest absolute Gasteiger partial charge is 0.306 e. The number of fused-ring (bicyclic) bond motifs is 5. The number of hydrogen-bond donors (Lipinski definition) is 1. The van der Waals surface area contributed by atoms with Gasteiger partial charge in [0.25, 0.3) is 0 Å². The molecule has 0 aliphatic heterocycles. The van der Waals surface area contributed by atoms with E-state index in [1.807, 2.05) is 0 Å². The number of ether oxygens (including phenoxy) is 2. The molecule has 36 heavy (non-hydrogen) atoms. The largest absolute Gasteiger partial charge is 0.458 e. The molecule has 8 atom stereocenters. The lowest BCUT2D eigenvalue weighted by Gasteiger charge is -2.64. The Kier molecular flexibility index (Phi) is 6.72. The van der Waals surface area contributed by atoms with Crippen molar-refractivity contribution in [2.24, 2.45) is 22.7 Å². The molecule has 4 aliphatic carbocycles. The van der Waals surface area contributed by atoms with Crippen LogP contribution in [-0.2, 0) is 28.7 Å². The van der Waals surface area contributed by atoms with Crippen molar-refractivity contribution in [3.8, 4) is 0 Å². The third-order valence-corrected chi connectivity index (χ3v) is 9.74. The minimum atomic E-state index is -2.21. The molecule has 0 spiro atoms. The van der Waals surface area contributed by atoms with Crippen molar-refractivity contribution in [3.05, 3.63) is 11.6 Å². The Bertz CT molecular complexity index is 1010. The number of aliphatic hydroxyl groups excluding tert-OH is 1. The van der Waals surface area contributed by atoms with Crippen molar-refractivity contribution in [2.45, 2.75) is 103 Å². The Labute approximate surface area is 210 Å². The first-order valence-corrected chi connectivity index (χ1v) is 12.9. The fraction of sp³-hybridized carbons (Fsp3) is 0.778. The van der Waals surface area contributed by atoms with Gasteiger partial charge in [0.15, 0.2) is 18.0 Å². The van der Waals surface area contributed by atoms with Gasteiger partial charge in [-0.2, -0.15) is 0 Å². The molecule has 4 rings (SSSR count). The molecule has 0 aromatic carbocycles. The summed E-state index contributed by atoms with van der Waals surface area (Å²) in [6.07, 6.45) is -1.30. The average Bonchev–Trinajstić information content (AvgIpc) is 3.08. The zero-order valence-electron chi connectivity index (χ0n) is 21.4. The molecule has 7 nitrogen and oxygen atoms in total. The number of carbonyl (C=O) groups excluding carboxylic acids is 4. The van der Waals surface area contributed by atoms with E-state index >= 15 is 8.78 Å². The Morgan fingerprint density at radius 2 is 1.89 bits per heavy atom. The van der Waals surface area contributed by atoms with E-state index in [2.05, 4.69) is 0 Å². The van der Waals surface area contributed by atoms with Gasteiger partial charge < -0.3 is 14.6 Å². The SMILES string of the molecule is CCCC(=O)O[C@]1(C(=O)COC(C)=O)CC[C@H]2[C@@H]3C[C@H](F)C4=CC(=O)CC[C@]4(C)[C@@]3(F)[C@@H](O)C[C@@]21C. The molecule has 0 aromatic rings. The van der Waals surface area contributed by atoms with E-state index in [1.165, 1.54) is 6.08 Å². The molecule has 1 N–H and O–H groups in total. The van der Waals surface area contributed by atoms with Gasteiger partial charge in [-0.1, -0.05) is 20.8 Å². The van der Waals surface area contributed by atoms with Gasteiger partial charge in [0, 0.05) is 36.5 Å². The standard InChI is InChI=1S/C27H36F2O7/c1-5-6-23(34)36-26(22(33)14-35-15(2)30)10-8-17-18-12-20(28)19-11-16(31)7-9-24(19,3)27(18,29)21(32)13-25(17,26)4/h11,17-18,20-21,32H,5-10,12-14H2,1-4H3/t17-,18-,20-,21-,24-,25-,26-,27-/m0/s1. The topological polar surface area (TPSA) is 107 Å². The summed E-state index contributed by atoms with van der Waals surface area (Å²) < 4.78 is 43.7. The van der Waals surface area contributed by atoms with Crippen molar-refractivity contribution in [3.63, 3.8) is 0 Å². The van der Waals surface area contributed by atoms with Crippen LogP contribution in [0.15, 0.2) is 11.6 Å². The van der Waals surface area contributed by atoms with E-state index in [0.29, 0.717) is 6.42 Å². The van der Waals surface area contributed by atoms with Crippen LogP contribution in [0.5, 0.6) is 0 Å². The van der Waals surface area contributed by atoms with Gasteiger partial charge in [-0.3, -0.25) is 19.2 Å². The van der Waals surface area contributed by atoms with Gasteiger partial charge in [0.05, 0.1) is 6.10 Å². The summed E-state index contributed by atoms with van der Waals surface area (Å²) >= 11 is 0. The molecule has 0 amide bonds. The second kappa shape index (κ2) is 8.99. The molecule has 0 unspecified atom stereocenters. The summed E-state index contributed by atoms with van der Waals surface area (Å²) in [5.74, 6) is -3.66. The molecule has 3 saturated carbocycles. The number of halogens is 2. The lowest BCUT2D eigenvalue weighted by Crippen LogP contribution is -2.71. The van der Waals surface area contributed by atoms with Gasteiger partial charge in [-0.25, -0.2) is 8.78 Å². The number of esters is 2. The average molecular weight is 511 g/mol. The minimum Gasteiger partial charge on any atom is -0.458 e. The first-order chi connectivity index (χ1) is 16.8. The molecule has 0 bridgehead atoms. The maximum Gasteiger partial charge on any atom is 0.306 e. The van der Waals surface area contributed by atoms with Crippen LogP contribution in [0.1, 0.15) is 79.1 Å². The number of aliphatic hydroxyl groups is 1. The van der Waals surface area contributed by atoms with Gasteiger partial charge in [-0.15, -0.1) is 0 Å². The highest BCUT2D eigenvalue weighted by Crippen LogP contribution is 2.71. The lowest BCUT2D eigenvalue weighted by molar-refractivity contribution is -0.237. The Morgan fingerprint density at radius 3 is 2.53 bits per heavy atom. The third kappa shape index (κ3) is 3.59. The number of alkyl halides is 2. The quantitative estimate of drug-likeness (QED) is 0.543. The number of rotatable bonds is 6. The van der Waals surface area contributed by atoms with Crippen LogP contribution in [0.2, 0.25) is 0 Å². The summed E-state index contributed by atoms with van der Waals surface area (Å²) in [6, 6.07) is 0. The van der Waals surface area contributed by atoms with E-state index in [1.54, 1.807) is 20.8 Å². The lowest BCUT2D eigenvalue weighted by atomic mass is 9.43. The van der Waals surface area contributed by atoms with E-state index in [9.17, 15) is 24.3 Å². The fourth-order valence-electron chi connectivity index (χ4n) is 7.96. The van der Waals surface area contributed by atoms with Crippen molar-refractivity contribution in [1.82, 2.24) is 0 Å². The highest BCUT2D eigenvalue weighted by atomic mass is 19.1. The number of carbonyl (C=O) groups is 4. The van der Waals surface area contributed by atoms with Crippen molar-refractivity contribution in [2.75, 3.05) is 6.61 Å². The van der Waals surface area contributed by atoms with Crippen LogP contribution in [0.4, 0.5) is 8.78 Å². The van der Waals surface area contributed by atoms with Crippen LogP contribution in [-0.4, -0.2) is 58.8 Å². The van der Waals surface area contributed by atoms with Crippen LogP contribution in [0, 0.1) is 22.7 Å². The molecule has 0 radical (unpaired) electrons. The predicted octanol–water partition coefficient (Wildman–Crippen LogP) is 3.74. The molecule has 0 heterocycles. The number of Topliss-reactive ketones (excluding diaryl/α,β-unsaturated/α-hetero) is 1. The zero-order chi connectivity index (χ0) is 26.7. The van der Waals surface area contributed by atoms with E-state index in [-0.39, 0.29) is 56.3 Å². The second-order valence-corrected chi connectivity index (χ2v) is 11.5. The molecule has 200 valence electrons. The third-order valence-electron chi connectivity index (χ3n) is 9.74. The van der Waals surface area contributed by atoms with Crippen molar-refractivity contribution in [1.29, 1.82) is 0 Å². The second-order valence-electron chi connectivity index (χ2n) is 11.5. The number of hydrogen-bond acceptors (Lipinski definition) is 7. The summed E-state index contributed by atoms with van der Waals surface area (Å²) in [7, 11) is 0. The Balaban J connectivity index is 1.79. The monoisotopic (exact) mass is 510 g/mol. The van der Waals surface area contributed by atoms with Gasteiger partial charge in [-0.05, 0) is 56.1 Å². The maximum atomic E-state index is 17.3. The van der Waals surface area contributed by atoms with Gasteiger partial charge >= 0.3 is 11.9 Å². The normalized spacial score (nSPS) is 43.5. The fourth-order valence-corrected chi connectivity index (χ4v) is 7.96. The molecule has 9 heteroatoms. The van der Waals surface area contributed by atoms with Crippen LogP contribution >= 0.6 is 0 Å². The molecular formula is C27H36F2O7. The van der Waals surface area contributed by atoms with Gasteiger partial charge in [0.2, 0.25) is 5.78 Å². The summed E-state index contributed by atoms with van der Waals surface area (Å²) in [6.45, 7) is 5.62. The molecule has 0 aromatic heterocycles. The molecule has 0 saturated heterocycles. The van der Waals surface area contributed by atoms with Crippen LogP contribution in [0.3, 0.4) is 0 Å². The first kappa shape index (κ1) is 26.9. The highest BCUT2D eigenvalue weighted by molar-refractivity contribution is 5.93. The minimum absolute atomic E-state index is 0.0647. The number of ketones is 2. The zero-order valence-corrected chi connectivity index (χ0v) is 21.4. The van der Waals surface area contributed by atoms with Crippen molar-refractivity contribution >= 4 is 23.5 Å². The Hall–Kier alpha value is -2.16. The van der Waals surface area contributed by atoms with Crippen LogP contribution < -0.4 is 0 Å².